The number of fused-ring (bicyclic) bond motifs is 3. The molecule has 4 aliphatic rings. The Hall–Kier alpha value is -7.48. The Morgan fingerprint density at radius 3 is 1.74 bits per heavy atom. The molecular weight excluding hydrogens is 843 g/mol. The van der Waals surface area contributed by atoms with E-state index in [1.165, 1.54) is 127 Å². The highest BCUT2D eigenvalue weighted by Crippen LogP contribution is 2.54. The maximum atomic E-state index is 2.48. The van der Waals surface area contributed by atoms with Crippen LogP contribution in [-0.4, -0.2) is 0 Å². The van der Waals surface area contributed by atoms with Crippen molar-refractivity contribution in [2.24, 2.45) is 5.92 Å². The molecule has 342 valence electrons. The maximum absolute atomic E-state index is 2.48. The van der Waals surface area contributed by atoms with Crippen molar-refractivity contribution in [3.8, 4) is 55.6 Å². The van der Waals surface area contributed by atoms with Gasteiger partial charge in [-0.1, -0.05) is 184 Å². The molecule has 0 atom stereocenters. The van der Waals surface area contributed by atoms with E-state index in [1.54, 1.807) is 5.57 Å². The van der Waals surface area contributed by atoms with Crippen LogP contribution in [0.15, 0.2) is 218 Å². The zero-order valence-electron chi connectivity index (χ0n) is 40.9. The molecule has 1 nitrogen and oxygen atoms in total. The Kier molecular flexibility index (Phi) is 11.5. The molecule has 8 aromatic carbocycles. The topological polar surface area (TPSA) is 3.24 Å². The molecule has 0 N–H and O–H groups in total. The van der Waals surface area contributed by atoms with Gasteiger partial charge in [0.25, 0.3) is 0 Å². The van der Waals surface area contributed by atoms with Gasteiger partial charge in [-0.05, 0) is 207 Å². The zero-order chi connectivity index (χ0) is 47.2. The number of rotatable bonds is 10. The Balaban J connectivity index is 0.947. The van der Waals surface area contributed by atoms with Crippen LogP contribution in [0.2, 0.25) is 0 Å². The van der Waals surface area contributed by atoms with E-state index in [4.69, 9.17) is 0 Å². The lowest BCUT2D eigenvalue weighted by atomic mass is 9.80. The molecule has 0 heterocycles. The van der Waals surface area contributed by atoms with E-state index < -0.39 is 0 Å². The van der Waals surface area contributed by atoms with Crippen molar-refractivity contribution < 1.29 is 0 Å². The van der Waals surface area contributed by atoms with E-state index in [2.05, 4.69) is 238 Å². The lowest BCUT2D eigenvalue weighted by Gasteiger charge is -2.27. The lowest BCUT2D eigenvalue weighted by molar-refractivity contribution is 0.612. The largest absolute Gasteiger partial charge is 0.310 e. The summed E-state index contributed by atoms with van der Waals surface area (Å²) in [5.41, 5.74) is 27.1. The van der Waals surface area contributed by atoms with Crippen LogP contribution in [0.4, 0.5) is 17.1 Å². The lowest BCUT2D eigenvalue weighted by Crippen LogP contribution is -2.15. The second-order valence-electron chi connectivity index (χ2n) is 20.6. The highest BCUT2D eigenvalue weighted by Gasteiger charge is 2.38. The van der Waals surface area contributed by atoms with Crippen molar-refractivity contribution >= 4 is 28.2 Å². The van der Waals surface area contributed by atoms with Gasteiger partial charge < -0.3 is 4.90 Å². The number of nitrogens with zero attached hydrogens (tertiary/aromatic N) is 1. The number of anilines is 3. The monoisotopic (exact) mass is 903 g/mol. The smallest absolute Gasteiger partial charge is 0.0467 e. The second kappa shape index (κ2) is 18.4. The highest BCUT2D eigenvalue weighted by molar-refractivity contribution is 5.97. The molecule has 70 heavy (non-hydrogen) atoms. The molecule has 1 fully saturated rings. The standard InChI is InChI=1S/C69H61N/c1-47-33-34-55(43-63(47)62-32-16-15-31-61(62)51-25-13-14-26-51)50-35-38-58(39-36-50)70(59-29-17-27-53(41-59)48-19-7-4-8-20-48)60-30-18-28-54(42-60)56-37-40-66-65(44-56)68-64(52-23-11-6-12-24-52)45-57(46-67(68)69(66,2)3)49-21-9-5-10-22-49/h4,6-9,11-12,16-24,27-30,32-46,51H,5,10,13-15,25-26,31H2,1-3H3. The molecule has 12 rings (SSSR count). The van der Waals surface area contributed by atoms with Crippen LogP contribution in [-0.2, 0) is 5.41 Å². The van der Waals surface area contributed by atoms with Gasteiger partial charge >= 0.3 is 0 Å². The number of allylic oxidation sites excluding steroid dienone is 8. The third-order valence-corrected chi connectivity index (χ3v) is 15.9. The summed E-state index contributed by atoms with van der Waals surface area (Å²) in [6.45, 7) is 7.10. The quantitative estimate of drug-likeness (QED) is 0.132. The number of hydrogen-bond donors (Lipinski definition) is 0. The van der Waals surface area contributed by atoms with Gasteiger partial charge in [0, 0.05) is 22.5 Å². The van der Waals surface area contributed by atoms with Crippen molar-refractivity contribution in [2.75, 3.05) is 4.90 Å². The van der Waals surface area contributed by atoms with E-state index in [9.17, 15) is 0 Å². The van der Waals surface area contributed by atoms with E-state index in [0.717, 1.165) is 42.2 Å². The summed E-state index contributed by atoms with van der Waals surface area (Å²) in [6.07, 6.45) is 21.8. The molecule has 0 bridgehead atoms. The molecule has 1 saturated carbocycles. The summed E-state index contributed by atoms with van der Waals surface area (Å²) in [4.78, 5) is 2.43. The second-order valence-corrected chi connectivity index (χ2v) is 20.6. The molecule has 4 aliphatic carbocycles. The fraction of sp³-hybridized carbons (Fsp3) is 0.188. The van der Waals surface area contributed by atoms with E-state index in [-0.39, 0.29) is 5.41 Å². The highest BCUT2D eigenvalue weighted by atomic mass is 15.1. The van der Waals surface area contributed by atoms with Gasteiger partial charge in [0.1, 0.15) is 0 Å². The first-order valence-electron chi connectivity index (χ1n) is 25.8. The van der Waals surface area contributed by atoms with E-state index >= 15 is 0 Å². The first-order valence-corrected chi connectivity index (χ1v) is 25.8. The van der Waals surface area contributed by atoms with Gasteiger partial charge in [-0.2, -0.15) is 0 Å². The molecule has 0 unspecified atom stereocenters. The van der Waals surface area contributed by atoms with Crippen LogP contribution in [0.25, 0.3) is 66.8 Å². The minimum absolute atomic E-state index is 0.154. The average Bonchev–Trinajstić information content (AvgIpc) is 4.04. The molecule has 0 spiro atoms. The molecule has 0 amide bonds. The Bertz CT molecular complexity index is 3390. The minimum Gasteiger partial charge on any atom is -0.310 e. The molecular formula is C69H61N. The molecule has 0 saturated heterocycles. The normalized spacial score (nSPS) is 16.0. The molecule has 0 aliphatic heterocycles. The van der Waals surface area contributed by atoms with Crippen molar-refractivity contribution in [1.82, 2.24) is 0 Å². The van der Waals surface area contributed by atoms with Crippen LogP contribution in [0, 0.1) is 12.8 Å². The summed E-state index contributed by atoms with van der Waals surface area (Å²) in [6, 6.07) is 68.4. The number of benzene rings is 8. The predicted molar refractivity (Wildman–Crippen MR) is 299 cm³/mol. The van der Waals surface area contributed by atoms with Crippen LogP contribution in [0.1, 0.15) is 93.0 Å². The Morgan fingerprint density at radius 1 is 0.443 bits per heavy atom. The average molecular weight is 904 g/mol. The maximum Gasteiger partial charge on any atom is 0.0467 e. The number of hydrogen-bond acceptors (Lipinski definition) is 1. The van der Waals surface area contributed by atoms with Gasteiger partial charge in [-0.3, -0.25) is 0 Å². The van der Waals surface area contributed by atoms with Gasteiger partial charge in [-0.25, -0.2) is 0 Å². The Morgan fingerprint density at radius 2 is 1.03 bits per heavy atom. The molecule has 0 radical (unpaired) electrons. The van der Waals surface area contributed by atoms with Gasteiger partial charge in [0.2, 0.25) is 0 Å². The molecule has 8 aromatic rings. The van der Waals surface area contributed by atoms with Crippen molar-refractivity contribution in [3.63, 3.8) is 0 Å². The van der Waals surface area contributed by atoms with E-state index in [0.29, 0.717) is 0 Å². The summed E-state index contributed by atoms with van der Waals surface area (Å²) >= 11 is 0. The van der Waals surface area contributed by atoms with Crippen LogP contribution >= 0.6 is 0 Å². The van der Waals surface area contributed by atoms with Gasteiger partial charge in [0.05, 0.1) is 0 Å². The summed E-state index contributed by atoms with van der Waals surface area (Å²) in [7, 11) is 0. The molecule has 0 aromatic heterocycles. The minimum atomic E-state index is -0.154. The third kappa shape index (κ3) is 8.12. The summed E-state index contributed by atoms with van der Waals surface area (Å²) in [5.74, 6) is 0.738. The third-order valence-electron chi connectivity index (χ3n) is 15.9. The van der Waals surface area contributed by atoms with E-state index in [1.807, 2.05) is 0 Å². The summed E-state index contributed by atoms with van der Waals surface area (Å²) < 4.78 is 0. The Labute approximate surface area is 415 Å². The van der Waals surface area contributed by atoms with Crippen LogP contribution < -0.4 is 4.90 Å². The molecule has 1 heteroatoms. The fourth-order valence-electron chi connectivity index (χ4n) is 12.1. The van der Waals surface area contributed by atoms with Crippen LogP contribution in [0.3, 0.4) is 0 Å². The zero-order valence-corrected chi connectivity index (χ0v) is 40.9. The SMILES string of the molecule is Cc1ccc(-c2ccc(N(c3cccc(-c4ccccc4)c3)c3cccc(-c4ccc5c(c4)-c4c(-c6ccccc6)cc(C6=CCCC=C6)cc4C5(C)C)c3)cc2)cc1C1=C(C2CCCC2)CCC=C1. The summed E-state index contributed by atoms with van der Waals surface area (Å²) in [5, 5.41) is 0. The van der Waals surface area contributed by atoms with Crippen molar-refractivity contribution in [1.29, 1.82) is 0 Å². The van der Waals surface area contributed by atoms with Crippen molar-refractivity contribution in [3.05, 3.63) is 246 Å². The van der Waals surface area contributed by atoms with Gasteiger partial charge in [-0.15, -0.1) is 0 Å². The first kappa shape index (κ1) is 43.8. The first-order chi connectivity index (χ1) is 34.4. The fourth-order valence-corrected chi connectivity index (χ4v) is 12.1. The van der Waals surface area contributed by atoms with Crippen LogP contribution in [0.5, 0.6) is 0 Å². The predicted octanol–water partition coefficient (Wildman–Crippen LogP) is 19.5. The van der Waals surface area contributed by atoms with Crippen molar-refractivity contribution in [2.45, 2.75) is 77.6 Å². The van der Waals surface area contributed by atoms with Gasteiger partial charge in [0.15, 0.2) is 0 Å². The number of aryl methyl sites for hydroxylation is 1.